The van der Waals surface area contributed by atoms with Crippen molar-refractivity contribution < 1.29 is 4.79 Å². The van der Waals surface area contributed by atoms with Crippen molar-refractivity contribution in [1.82, 2.24) is 20.6 Å². The predicted molar refractivity (Wildman–Crippen MR) is 64.4 cm³/mol. The first-order valence-corrected chi connectivity index (χ1v) is 6.58. The van der Waals surface area contributed by atoms with Crippen LogP contribution in [0.25, 0.3) is 0 Å². The third-order valence-corrected chi connectivity index (χ3v) is 3.55. The summed E-state index contributed by atoms with van der Waals surface area (Å²) in [5.41, 5.74) is 1.05. The van der Waals surface area contributed by atoms with Gasteiger partial charge in [0.05, 0.1) is 12.4 Å². The summed E-state index contributed by atoms with van der Waals surface area (Å²) in [7, 11) is 0. The lowest BCUT2D eigenvalue weighted by Crippen LogP contribution is -2.49. The van der Waals surface area contributed by atoms with E-state index in [1.807, 2.05) is 11.8 Å². The topological polar surface area (TPSA) is 69.8 Å². The Hall–Kier alpha value is -1.01. The lowest BCUT2D eigenvalue weighted by atomic mass is 10.3. The van der Waals surface area contributed by atoms with Crippen molar-refractivity contribution in [1.29, 1.82) is 0 Å². The van der Waals surface area contributed by atoms with E-state index in [-0.39, 0.29) is 11.9 Å². The first-order valence-electron chi connectivity index (χ1n) is 5.42. The molecule has 0 bridgehead atoms. The summed E-state index contributed by atoms with van der Waals surface area (Å²) in [5.74, 6) is 2.07. The lowest BCUT2D eigenvalue weighted by molar-refractivity contribution is -0.122. The zero-order valence-corrected chi connectivity index (χ0v) is 9.85. The first kappa shape index (κ1) is 11.5. The Labute approximate surface area is 98.8 Å². The summed E-state index contributed by atoms with van der Waals surface area (Å²) < 4.78 is 0. The van der Waals surface area contributed by atoms with E-state index in [0.717, 1.165) is 30.2 Å². The Morgan fingerprint density at radius 3 is 3.31 bits per heavy atom. The zero-order valence-electron chi connectivity index (χ0n) is 9.03. The van der Waals surface area contributed by atoms with Crippen LogP contribution in [0.2, 0.25) is 0 Å². The Morgan fingerprint density at radius 2 is 2.62 bits per heavy atom. The van der Waals surface area contributed by atoms with Crippen LogP contribution in [-0.2, 0) is 11.2 Å². The SMILES string of the molecule is O=C(NCCc1cnc[nH]1)C1CSCCN1. The van der Waals surface area contributed by atoms with Crippen LogP contribution in [0.15, 0.2) is 12.5 Å². The highest BCUT2D eigenvalue weighted by Crippen LogP contribution is 2.07. The molecule has 1 amide bonds. The number of thioether (sulfide) groups is 1. The highest BCUT2D eigenvalue weighted by atomic mass is 32.2. The molecule has 1 fully saturated rings. The molecule has 5 nitrogen and oxygen atoms in total. The first-order chi connectivity index (χ1) is 7.86. The number of imidazole rings is 1. The third-order valence-electron chi connectivity index (χ3n) is 2.49. The van der Waals surface area contributed by atoms with Crippen molar-refractivity contribution in [2.24, 2.45) is 0 Å². The number of amides is 1. The molecule has 3 N–H and O–H groups in total. The molecule has 1 aliphatic rings. The molecule has 0 saturated carbocycles. The number of aromatic amines is 1. The lowest BCUT2D eigenvalue weighted by Gasteiger charge is -2.22. The van der Waals surface area contributed by atoms with Gasteiger partial charge in [-0.05, 0) is 0 Å². The highest BCUT2D eigenvalue weighted by Gasteiger charge is 2.19. The van der Waals surface area contributed by atoms with E-state index >= 15 is 0 Å². The van der Waals surface area contributed by atoms with Crippen LogP contribution in [0.5, 0.6) is 0 Å². The molecule has 0 spiro atoms. The minimum absolute atomic E-state index is 0.0273. The zero-order chi connectivity index (χ0) is 11.2. The minimum atomic E-state index is -0.0273. The number of hydrogen-bond acceptors (Lipinski definition) is 4. The Balaban J connectivity index is 1.67. The number of rotatable bonds is 4. The quantitative estimate of drug-likeness (QED) is 0.680. The minimum Gasteiger partial charge on any atom is -0.354 e. The van der Waals surface area contributed by atoms with E-state index < -0.39 is 0 Å². The van der Waals surface area contributed by atoms with Crippen molar-refractivity contribution in [2.45, 2.75) is 12.5 Å². The maximum atomic E-state index is 11.7. The predicted octanol–water partition coefficient (Wildman–Crippen LogP) is -0.227. The smallest absolute Gasteiger partial charge is 0.238 e. The maximum absolute atomic E-state index is 11.7. The van der Waals surface area contributed by atoms with Gasteiger partial charge in [-0.3, -0.25) is 4.79 Å². The van der Waals surface area contributed by atoms with Crippen molar-refractivity contribution in [2.75, 3.05) is 24.6 Å². The van der Waals surface area contributed by atoms with Crippen LogP contribution < -0.4 is 10.6 Å². The molecule has 2 rings (SSSR count). The number of nitrogens with one attached hydrogen (secondary N) is 3. The molecular formula is C10H16N4OS. The van der Waals surface area contributed by atoms with Gasteiger partial charge in [-0.2, -0.15) is 11.8 Å². The summed E-state index contributed by atoms with van der Waals surface area (Å²) in [4.78, 5) is 18.6. The van der Waals surface area contributed by atoms with Crippen molar-refractivity contribution >= 4 is 17.7 Å². The molecule has 1 saturated heterocycles. The summed E-state index contributed by atoms with van der Waals surface area (Å²) in [5, 5.41) is 6.14. The van der Waals surface area contributed by atoms with Gasteiger partial charge in [0, 0.05) is 42.9 Å². The van der Waals surface area contributed by atoms with E-state index in [9.17, 15) is 4.79 Å². The van der Waals surface area contributed by atoms with Crippen molar-refractivity contribution in [3.8, 4) is 0 Å². The Morgan fingerprint density at radius 1 is 1.69 bits per heavy atom. The van der Waals surface area contributed by atoms with Gasteiger partial charge in [-0.25, -0.2) is 4.98 Å². The fraction of sp³-hybridized carbons (Fsp3) is 0.600. The molecule has 1 aromatic rings. The van der Waals surface area contributed by atoms with Crippen LogP contribution in [0.1, 0.15) is 5.69 Å². The molecule has 16 heavy (non-hydrogen) atoms. The molecule has 1 aliphatic heterocycles. The number of aromatic nitrogens is 2. The molecule has 0 aromatic carbocycles. The van der Waals surface area contributed by atoms with Crippen LogP contribution in [0.3, 0.4) is 0 Å². The van der Waals surface area contributed by atoms with E-state index in [4.69, 9.17) is 0 Å². The molecule has 1 atom stereocenters. The van der Waals surface area contributed by atoms with Crippen LogP contribution in [0.4, 0.5) is 0 Å². The van der Waals surface area contributed by atoms with E-state index in [1.54, 1.807) is 12.5 Å². The molecule has 0 aliphatic carbocycles. The van der Waals surface area contributed by atoms with E-state index in [0.29, 0.717) is 6.54 Å². The summed E-state index contributed by atoms with van der Waals surface area (Å²) in [6.07, 6.45) is 4.23. The molecule has 1 aromatic heterocycles. The number of carbonyl (C=O) groups is 1. The Kier molecular flexibility index (Phi) is 4.24. The standard InChI is InChI=1S/C10H16N4OS/c15-10(9-6-16-4-3-12-9)13-2-1-8-5-11-7-14-8/h5,7,9,12H,1-4,6H2,(H,11,14)(H,13,15). The van der Waals surface area contributed by atoms with Gasteiger partial charge in [0.25, 0.3) is 0 Å². The van der Waals surface area contributed by atoms with Crippen LogP contribution >= 0.6 is 11.8 Å². The number of hydrogen-bond donors (Lipinski definition) is 3. The molecule has 2 heterocycles. The normalized spacial score (nSPS) is 20.6. The molecule has 1 unspecified atom stereocenters. The van der Waals surface area contributed by atoms with Gasteiger partial charge in [-0.15, -0.1) is 0 Å². The van der Waals surface area contributed by atoms with Crippen molar-refractivity contribution in [3.63, 3.8) is 0 Å². The maximum Gasteiger partial charge on any atom is 0.238 e. The second-order valence-corrected chi connectivity index (χ2v) is 4.85. The summed E-state index contributed by atoms with van der Waals surface area (Å²) in [6, 6.07) is -0.0273. The molecule has 88 valence electrons. The summed E-state index contributed by atoms with van der Waals surface area (Å²) in [6.45, 7) is 1.58. The summed E-state index contributed by atoms with van der Waals surface area (Å²) >= 11 is 1.82. The average Bonchev–Trinajstić information content (AvgIpc) is 2.83. The van der Waals surface area contributed by atoms with Gasteiger partial charge in [0.1, 0.15) is 0 Å². The second-order valence-electron chi connectivity index (χ2n) is 3.70. The highest BCUT2D eigenvalue weighted by molar-refractivity contribution is 7.99. The largest absolute Gasteiger partial charge is 0.354 e. The average molecular weight is 240 g/mol. The van der Waals surface area contributed by atoms with E-state index in [2.05, 4.69) is 20.6 Å². The fourth-order valence-corrected chi connectivity index (χ4v) is 2.53. The van der Waals surface area contributed by atoms with Gasteiger partial charge in [0.15, 0.2) is 0 Å². The Bertz CT molecular complexity index is 322. The molecule has 0 radical (unpaired) electrons. The van der Waals surface area contributed by atoms with Gasteiger partial charge >= 0.3 is 0 Å². The van der Waals surface area contributed by atoms with Gasteiger partial charge in [-0.1, -0.05) is 0 Å². The number of nitrogens with zero attached hydrogens (tertiary/aromatic N) is 1. The molecular weight excluding hydrogens is 224 g/mol. The number of H-pyrrole nitrogens is 1. The molecule has 6 heteroatoms. The second kappa shape index (κ2) is 5.91. The van der Waals surface area contributed by atoms with Gasteiger partial charge < -0.3 is 15.6 Å². The van der Waals surface area contributed by atoms with Crippen LogP contribution in [0, 0.1) is 0 Å². The van der Waals surface area contributed by atoms with Crippen molar-refractivity contribution in [3.05, 3.63) is 18.2 Å². The number of carbonyl (C=O) groups excluding carboxylic acids is 1. The monoisotopic (exact) mass is 240 g/mol. The fourth-order valence-electron chi connectivity index (χ4n) is 1.60. The van der Waals surface area contributed by atoms with E-state index in [1.165, 1.54) is 0 Å². The van der Waals surface area contributed by atoms with Crippen LogP contribution in [-0.4, -0.2) is 46.5 Å². The third kappa shape index (κ3) is 3.24. The van der Waals surface area contributed by atoms with Gasteiger partial charge in [0.2, 0.25) is 5.91 Å².